The topological polar surface area (TPSA) is 84.0 Å². The van der Waals surface area contributed by atoms with Gasteiger partial charge in [0.05, 0.1) is 10.9 Å². The van der Waals surface area contributed by atoms with Crippen LogP contribution in [-0.2, 0) is 4.79 Å². The molecule has 6 nitrogen and oxygen atoms in total. The molecule has 0 radical (unpaired) electrons. The quantitative estimate of drug-likeness (QED) is 0.708. The molecule has 2 aromatic carbocycles. The first-order valence-corrected chi connectivity index (χ1v) is 6.80. The Kier molecular flexibility index (Phi) is 2.53. The number of H-pyrrole nitrogens is 1. The maximum Gasteiger partial charge on any atom is 0.329 e. The van der Waals surface area contributed by atoms with Gasteiger partial charge in [-0.3, -0.25) is 9.59 Å². The van der Waals surface area contributed by atoms with Crippen LogP contribution in [0, 0.1) is 0 Å². The van der Waals surface area contributed by atoms with E-state index in [9.17, 15) is 14.4 Å². The molecule has 1 amide bonds. The van der Waals surface area contributed by atoms with Gasteiger partial charge in [-0.15, -0.1) is 0 Å². The standard InChI is InChI=1S/C16H11N3O3/c20-14-13(9-5-1-3-7-11(9)17-14)19-15(21)10-6-2-4-8-12(10)18-16(19)22/h1-8,13H,(H,17,20)(H,18,22)/t13-/m1/s1. The number of hydrogen-bond acceptors (Lipinski definition) is 3. The third-order valence-corrected chi connectivity index (χ3v) is 3.86. The number of hydrogen-bond donors (Lipinski definition) is 2. The molecule has 2 N–H and O–H groups in total. The molecule has 2 heterocycles. The van der Waals surface area contributed by atoms with E-state index in [1.165, 1.54) is 0 Å². The Morgan fingerprint density at radius 1 is 0.909 bits per heavy atom. The predicted molar refractivity (Wildman–Crippen MR) is 82.0 cm³/mol. The molecule has 22 heavy (non-hydrogen) atoms. The average Bonchev–Trinajstić information content (AvgIpc) is 2.84. The first-order chi connectivity index (χ1) is 10.7. The maximum atomic E-state index is 12.7. The van der Waals surface area contributed by atoms with E-state index in [0.717, 1.165) is 4.57 Å². The number of nitrogens with zero attached hydrogens (tertiary/aromatic N) is 1. The summed E-state index contributed by atoms with van der Waals surface area (Å²) in [7, 11) is 0. The Hall–Kier alpha value is -3.15. The molecule has 4 rings (SSSR count). The molecule has 0 saturated carbocycles. The number of amides is 1. The number of aromatic amines is 1. The highest BCUT2D eigenvalue weighted by atomic mass is 16.2. The van der Waals surface area contributed by atoms with Gasteiger partial charge in [0.2, 0.25) is 0 Å². The minimum atomic E-state index is -0.947. The number of aromatic nitrogens is 2. The monoisotopic (exact) mass is 293 g/mol. The van der Waals surface area contributed by atoms with E-state index in [-0.39, 0.29) is 5.91 Å². The van der Waals surface area contributed by atoms with Crippen LogP contribution in [0.25, 0.3) is 10.9 Å². The molecular weight excluding hydrogens is 282 g/mol. The Labute approximate surface area is 124 Å². The molecule has 1 atom stereocenters. The number of carbonyl (C=O) groups is 1. The van der Waals surface area contributed by atoms with Crippen LogP contribution >= 0.6 is 0 Å². The Balaban J connectivity index is 2.05. The lowest BCUT2D eigenvalue weighted by Crippen LogP contribution is -2.40. The average molecular weight is 293 g/mol. The van der Waals surface area contributed by atoms with Crippen molar-refractivity contribution in [2.24, 2.45) is 0 Å². The van der Waals surface area contributed by atoms with Crippen molar-refractivity contribution in [2.75, 3.05) is 5.32 Å². The normalized spacial score (nSPS) is 16.5. The SMILES string of the molecule is O=C1Nc2ccccc2[C@H]1n1c(=O)[nH]c2ccccc2c1=O. The van der Waals surface area contributed by atoms with Gasteiger partial charge in [0.25, 0.3) is 11.5 Å². The summed E-state index contributed by atoms with van der Waals surface area (Å²) in [5.74, 6) is -0.385. The number of carbonyl (C=O) groups excluding carboxylic acids is 1. The van der Waals surface area contributed by atoms with Crippen molar-refractivity contribution in [3.8, 4) is 0 Å². The third-order valence-electron chi connectivity index (χ3n) is 3.86. The van der Waals surface area contributed by atoms with E-state index < -0.39 is 17.3 Å². The minimum absolute atomic E-state index is 0.374. The van der Waals surface area contributed by atoms with E-state index in [0.29, 0.717) is 22.2 Å². The molecule has 0 bridgehead atoms. The zero-order valence-corrected chi connectivity index (χ0v) is 11.4. The summed E-state index contributed by atoms with van der Waals surface area (Å²) < 4.78 is 0.976. The van der Waals surface area contributed by atoms with Crippen LogP contribution in [0.2, 0.25) is 0 Å². The summed E-state index contributed by atoms with van der Waals surface area (Å²) in [5, 5.41) is 3.07. The Bertz CT molecular complexity index is 1030. The van der Waals surface area contributed by atoms with Gasteiger partial charge in [-0.1, -0.05) is 30.3 Å². The lowest BCUT2D eigenvalue weighted by molar-refractivity contribution is -0.117. The minimum Gasteiger partial charge on any atom is -0.324 e. The van der Waals surface area contributed by atoms with Crippen LogP contribution in [0.5, 0.6) is 0 Å². The molecular formula is C16H11N3O3. The molecule has 1 aromatic heterocycles. The summed E-state index contributed by atoms with van der Waals surface area (Å²) in [6, 6.07) is 12.8. The van der Waals surface area contributed by atoms with E-state index in [1.54, 1.807) is 48.5 Å². The van der Waals surface area contributed by atoms with Crippen molar-refractivity contribution in [3.05, 3.63) is 74.9 Å². The fourth-order valence-corrected chi connectivity index (χ4v) is 2.86. The van der Waals surface area contributed by atoms with Crippen molar-refractivity contribution in [2.45, 2.75) is 6.04 Å². The van der Waals surface area contributed by atoms with E-state index in [1.807, 2.05) is 0 Å². The number of benzene rings is 2. The van der Waals surface area contributed by atoms with Gasteiger partial charge in [0.15, 0.2) is 0 Å². The highest BCUT2D eigenvalue weighted by Gasteiger charge is 2.34. The fourth-order valence-electron chi connectivity index (χ4n) is 2.86. The predicted octanol–water partition coefficient (Wildman–Crippen LogP) is 1.23. The van der Waals surface area contributed by atoms with Crippen LogP contribution in [0.1, 0.15) is 11.6 Å². The third kappa shape index (κ3) is 1.64. The highest BCUT2D eigenvalue weighted by Crippen LogP contribution is 2.31. The van der Waals surface area contributed by atoms with E-state index in [4.69, 9.17) is 0 Å². The summed E-state index contributed by atoms with van der Waals surface area (Å²) >= 11 is 0. The molecule has 0 saturated heterocycles. The van der Waals surface area contributed by atoms with Crippen LogP contribution < -0.4 is 16.6 Å². The van der Waals surface area contributed by atoms with Crippen LogP contribution in [0.15, 0.2) is 58.1 Å². The zero-order chi connectivity index (χ0) is 15.3. The van der Waals surface area contributed by atoms with Gasteiger partial charge < -0.3 is 10.3 Å². The molecule has 0 aliphatic carbocycles. The second kappa shape index (κ2) is 4.42. The molecule has 6 heteroatoms. The van der Waals surface area contributed by atoms with Gasteiger partial charge in [-0.2, -0.15) is 0 Å². The van der Waals surface area contributed by atoms with Crippen LogP contribution in [-0.4, -0.2) is 15.5 Å². The second-order valence-electron chi connectivity index (χ2n) is 5.13. The smallest absolute Gasteiger partial charge is 0.324 e. The molecule has 0 fully saturated rings. The van der Waals surface area contributed by atoms with Gasteiger partial charge in [0, 0.05) is 11.3 Å². The van der Waals surface area contributed by atoms with E-state index >= 15 is 0 Å². The van der Waals surface area contributed by atoms with Crippen molar-refractivity contribution in [3.63, 3.8) is 0 Å². The van der Waals surface area contributed by atoms with Gasteiger partial charge in [-0.05, 0) is 18.2 Å². The van der Waals surface area contributed by atoms with Crippen molar-refractivity contribution in [1.82, 2.24) is 9.55 Å². The first kappa shape index (κ1) is 12.6. The Morgan fingerprint density at radius 3 is 2.50 bits per heavy atom. The number of anilines is 1. The molecule has 0 unspecified atom stereocenters. The first-order valence-electron chi connectivity index (χ1n) is 6.80. The van der Waals surface area contributed by atoms with Gasteiger partial charge >= 0.3 is 5.69 Å². The molecule has 108 valence electrons. The number of rotatable bonds is 1. The molecule has 0 spiro atoms. The highest BCUT2D eigenvalue weighted by molar-refractivity contribution is 6.02. The number of nitrogens with one attached hydrogen (secondary N) is 2. The molecule has 3 aromatic rings. The zero-order valence-electron chi connectivity index (χ0n) is 11.4. The second-order valence-corrected chi connectivity index (χ2v) is 5.13. The summed E-state index contributed by atoms with van der Waals surface area (Å²) in [4.78, 5) is 39.9. The van der Waals surface area contributed by atoms with Crippen molar-refractivity contribution >= 4 is 22.5 Å². The lowest BCUT2D eigenvalue weighted by atomic mass is 10.1. The van der Waals surface area contributed by atoms with Gasteiger partial charge in [-0.25, -0.2) is 9.36 Å². The number of para-hydroxylation sites is 2. The van der Waals surface area contributed by atoms with Gasteiger partial charge in [0.1, 0.15) is 6.04 Å². The molecule has 1 aliphatic heterocycles. The van der Waals surface area contributed by atoms with E-state index in [2.05, 4.69) is 10.3 Å². The largest absolute Gasteiger partial charge is 0.329 e. The van der Waals surface area contributed by atoms with Crippen molar-refractivity contribution in [1.29, 1.82) is 0 Å². The lowest BCUT2D eigenvalue weighted by Gasteiger charge is -2.12. The van der Waals surface area contributed by atoms with Crippen LogP contribution in [0.3, 0.4) is 0 Å². The summed E-state index contributed by atoms with van der Waals surface area (Å²) in [6.07, 6.45) is 0. The fraction of sp³-hybridized carbons (Fsp3) is 0.0625. The summed E-state index contributed by atoms with van der Waals surface area (Å²) in [5.41, 5.74) is 0.629. The van der Waals surface area contributed by atoms with Crippen molar-refractivity contribution < 1.29 is 4.79 Å². The maximum absolute atomic E-state index is 12.7. The molecule has 1 aliphatic rings. The summed E-state index contributed by atoms with van der Waals surface area (Å²) in [6.45, 7) is 0. The van der Waals surface area contributed by atoms with Crippen LogP contribution in [0.4, 0.5) is 5.69 Å². The Morgan fingerprint density at radius 2 is 1.64 bits per heavy atom. The number of fused-ring (bicyclic) bond motifs is 2.